The van der Waals surface area contributed by atoms with Crippen molar-refractivity contribution in [1.82, 2.24) is 0 Å². The highest BCUT2D eigenvalue weighted by Gasteiger charge is 2.70. The minimum atomic E-state index is -5.71. The van der Waals surface area contributed by atoms with Crippen molar-refractivity contribution in [3.8, 4) is 0 Å². The van der Waals surface area contributed by atoms with Crippen LogP contribution in [-0.4, -0.2) is 23.1 Å². The summed E-state index contributed by atoms with van der Waals surface area (Å²) in [4.78, 5) is 0. The predicted octanol–water partition coefficient (Wildman–Crippen LogP) is 5.08. The summed E-state index contributed by atoms with van der Waals surface area (Å²) in [5.41, 5.74) is -4.61. The monoisotopic (exact) mass is 320 g/mol. The third-order valence-electron chi connectivity index (χ3n) is 4.75. The summed E-state index contributed by atoms with van der Waals surface area (Å²) in [5.74, 6) is -0.659. The van der Waals surface area contributed by atoms with Gasteiger partial charge in [0.2, 0.25) is 0 Å². The molecule has 0 radical (unpaired) electrons. The summed E-state index contributed by atoms with van der Waals surface area (Å²) in [7, 11) is 0. The fraction of sp³-hybridized carbons (Fsp3) is 1.00. The van der Waals surface area contributed by atoms with Gasteiger partial charge in [0, 0.05) is 0 Å². The van der Waals surface area contributed by atoms with Crippen LogP contribution in [0.4, 0.5) is 26.3 Å². The molecule has 7 heteroatoms. The lowest BCUT2D eigenvalue weighted by molar-refractivity contribution is -0.373. The summed E-state index contributed by atoms with van der Waals surface area (Å²) < 4.78 is 76.8. The molecule has 1 saturated carbocycles. The van der Waals surface area contributed by atoms with Crippen molar-refractivity contribution >= 4 is 0 Å². The molecule has 1 N–H and O–H groups in total. The molecule has 0 heterocycles. The number of halogens is 6. The van der Waals surface area contributed by atoms with E-state index in [9.17, 15) is 31.4 Å². The minimum Gasteiger partial charge on any atom is -0.374 e. The lowest BCUT2D eigenvalue weighted by atomic mass is 9.77. The standard InChI is InChI=1S/C14H22F6O/c1-3-10-6-4-9(2)5-7-11(10)8-12(21,13(15,16)17)14(18,19)20/h9-11,21H,3-8H2,1-2H3. The molecule has 1 nitrogen and oxygen atoms in total. The molecule has 1 aliphatic carbocycles. The Bertz CT molecular complexity index is 321. The summed E-state index contributed by atoms with van der Waals surface area (Å²) >= 11 is 0. The zero-order valence-corrected chi connectivity index (χ0v) is 12.2. The van der Waals surface area contributed by atoms with E-state index in [1.165, 1.54) is 0 Å². The van der Waals surface area contributed by atoms with E-state index in [1.54, 1.807) is 6.92 Å². The number of rotatable bonds is 3. The average molecular weight is 320 g/mol. The van der Waals surface area contributed by atoms with Crippen molar-refractivity contribution in [1.29, 1.82) is 0 Å². The zero-order chi connectivity index (χ0) is 16.5. The van der Waals surface area contributed by atoms with E-state index >= 15 is 0 Å². The Hall–Kier alpha value is -0.460. The number of aliphatic hydroxyl groups is 1. The highest BCUT2D eigenvalue weighted by atomic mass is 19.4. The summed E-state index contributed by atoms with van der Waals surface area (Å²) in [6, 6.07) is 0. The van der Waals surface area contributed by atoms with E-state index in [2.05, 4.69) is 0 Å². The highest BCUT2D eigenvalue weighted by Crippen LogP contribution is 2.49. The molecule has 0 bridgehead atoms. The molecule has 126 valence electrons. The Kier molecular flexibility index (Phi) is 5.61. The van der Waals surface area contributed by atoms with E-state index in [0.29, 0.717) is 31.6 Å². The molecule has 0 aromatic heterocycles. The average Bonchev–Trinajstić information content (AvgIpc) is 2.49. The summed E-state index contributed by atoms with van der Waals surface area (Å²) in [6.07, 6.45) is -9.84. The van der Waals surface area contributed by atoms with Crippen LogP contribution < -0.4 is 0 Å². The Morgan fingerprint density at radius 1 is 0.857 bits per heavy atom. The third kappa shape index (κ3) is 4.05. The van der Waals surface area contributed by atoms with Gasteiger partial charge >= 0.3 is 12.4 Å². The molecule has 0 aromatic carbocycles. The van der Waals surface area contributed by atoms with Gasteiger partial charge in [0.05, 0.1) is 0 Å². The van der Waals surface area contributed by atoms with Crippen molar-refractivity contribution in [2.75, 3.05) is 0 Å². The van der Waals surface area contributed by atoms with Crippen LogP contribution in [0.1, 0.15) is 52.4 Å². The first-order chi connectivity index (χ1) is 9.42. The second-order valence-electron chi connectivity index (χ2n) is 6.25. The Morgan fingerprint density at radius 3 is 1.67 bits per heavy atom. The van der Waals surface area contributed by atoms with Crippen LogP contribution in [-0.2, 0) is 0 Å². The van der Waals surface area contributed by atoms with Gasteiger partial charge < -0.3 is 5.11 Å². The molecule has 21 heavy (non-hydrogen) atoms. The van der Waals surface area contributed by atoms with E-state index in [0.717, 1.165) is 6.42 Å². The Balaban J connectivity index is 3.01. The molecule has 3 atom stereocenters. The molecule has 1 aliphatic rings. The largest absolute Gasteiger partial charge is 0.426 e. The lowest BCUT2D eigenvalue weighted by Crippen LogP contribution is -2.58. The third-order valence-corrected chi connectivity index (χ3v) is 4.75. The second kappa shape index (κ2) is 6.34. The molecule has 1 rings (SSSR count). The van der Waals surface area contributed by atoms with Crippen LogP contribution in [0, 0.1) is 17.8 Å². The van der Waals surface area contributed by atoms with Gasteiger partial charge in [-0.1, -0.05) is 33.1 Å². The van der Waals surface area contributed by atoms with Gasteiger partial charge in [-0.2, -0.15) is 26.3 Å². The van der Waals surface area contributed by atoms with E-state index in [1.807, 2.05) is 6.92 Å². The normalized spacial score (nSPS) is 29.3. The van der Waals surface area contributed by atoms with Crippen LogP contribution in [0.2, 0.25) is 0 Å². The molecule has 0 aliphatic heterocycles. The van der Waals surface area contributed by atoms with Crippen LogP contribution in [0.25, 0.3) is 0 Å². The van der Waals surface area contributed by atoms with E-state index < -0.39 is 30.3 Å². The van der Waals surface area contributed by atoms with Gasteiger partial charge in [0.1, 0.15) is 0 Å². The molecular weight excluding hydrogens is 298 g/mol. The van der Waals surface area contributed by atoms with Crippen LogP contribution in [0.3, 0.4) is 0 Å². The zero-order valence-electron chi connectivity index (χ0n) is 12.2. The minimum absolute atomic E-state index is 0.203. The number of hydrogen-bond acceptors (Lipinski definition) is 1. The van der Waals surface area contributed by atoms with E-state index in [4.69, 9.17) is 0 Å². The van der Waals surface area contributed by atoms with Gasteiger partial charge in [0.15, 0.2) is 0 Å². The molecule has 0 saturated heterocycles. The number of hydrogen-bond donors (Lipinski definition) is 1. The lowest BCUT2D eigenvalue weighted by Gasteiger charge is -2.37. The van der Waals surface area contributed by atoms with Crippen molar-refractivity contribution in [2.24, 2.45) is 17.8 Å². The molecular formula is C14H22F6O. The molecule has 1 fully saturated rings. The quantitative estimate of drug-likeness (QED) is 0.567. The van der Waals surface area contributed by atoms with E-state index in [-0.39, 0.29) is 5.92 Å². The van der Waals surface area contributed by atoms with Crippen LogP contribution in [0.15, 0.2) is 0 Å². The maximum absolute atomic E-state index is 12.8. The smallest absolute Gasteiger partial charge is 0.374 e. The van der Waals surface area contributed by atoms with Gasteiger partial charge in [-0.15, -0.1) is 0 Å². The highest BCUT2D eigenvalue weighted by molar-refractivity contribution is 4.96. The summed E-state index contributed by atoms with van der Waals surface area (Å²) in [5, 5.41) is 9.36. The number of alkyl halides is 6. The molecule has 0 amide bonds. The second-order valence-corrected chi connectivity index (χ2v) is 6.25. The van der Waals surface area contributed by atoms with Gasteiger partial charge in [-0.3, -0.25) is 0 Å². The maximum Gasteiger partial charge on any atom is 0.426 e. The topological polar surface area (TPSA) is 20.2 Å². The molecule has 0 aromatic rings. The Labute approximate surface area is 120 Å². The predicted molar refractivity (Wildman–Crippen MR) is 66.6 cm³/mol. The molecule has 0 spiro atoms. The van der Waals surface area contributed by atoms with Gasteiger partial charge in [-0.05, 0) is 37.0 Å². The Morgan fingerprint density at radius 2 is 1.29 bits per heavy atom. The van der Waals surface area contributed by atoms with Crippen molar-refractivity contribution in [3.63, 3.8) is 0 Å². The first-order valence-corrected chi connectivity index (χ1v) is 7.28. The summed E-state index contributed by atoms with van der Waals surface area (Å²) in [6.45, 7) is 3.72. The molecule has 3 unspecified atom stereocenters. The van der Waals surface area contributed by atoms with Crippen molar-refractivity contribution < 1.29 is 31.4 Å². The van der Waals surface area contributed by atoms with Crippen molar-refractivity contribution in [3.05, 3.63) is 0 Å². The first kappa shape index (κ1) is 18.6. The SMILES string of the molecule is CCC1CCC(C)CCC1CC(O)(C(F)(F)F)C(F)(F)F. The van der Waals surface area contributed by atoms with Crippen LogP contribution >= 0.6 is 0 Å². The fourth-order valence-corrected chi connectivity index (χ4v) is 3.19. The van der Waals surface area contributed by atoms with Crippen molar-refractivity contribution in [2.45, 2.75) is 70.3 Å². The maximum atomic E-state index is 12.8. The van der Waals surface area contributed by atoms with Gasteiger partial charge in [-0.25, -0.2) is 0 Å². The first-order valence-electron chi connectivity index (χ1n) is 7.28. The van der Waals surface area contributed by atoms with Crippen LogP contribution in [0.5, 0.6) is 0 Å². The fourth-order valence-electron chi connectivity index (χ4n) is 3.19. The van der Waals surface area contributed by atoms with Gasteiger partial charge in [0.25, 0.3) is 5.60 Å².